The number of rotatable bonds is 4. The molecule has 1 aromatic carbocycles. The van der Waals surface area contributed by atoms with Gasteiger partial charge in [0.2, 0.25) is 5.78 Å². The first-order chi connectivity index (χ1) is 9.94. The van der Waals surface area contributed by atoms with E-state index in [9.17, 15) is 18.4 Å². The Morgan fingerprint density at radius 1 is 1.38 bits per heavy atom. The van der Waals surface area contributed by atoms with Crippen LogP contribution in [0.4, 0.5) is 8.78 Å². The maximum absolute atomic E-state index is 13.8. The molecule has 1 heterocycles. The van der Waals surface area contributed by atoms with Crippen LogP contribution in [-0.4, -0.2) is 42.3 Å². The summed E-state index contributed by atoms with van der Waals surface area (Å²) in [4.78, 5) is 24.8. The predicted molar refractivity (Wildman–Crippen MR) is 71.8 cm³/mol. The number of hydrogen-bond acceptors (Lipinski definition) is 4. The molecule has 0 aromatic heterocycles. The van der Waals surface area contributed by atoms with Gasteiger partial charge in [-0.3, -0.25) is 14.5 Å². The van der Waals surface area contributed by atoms with Crippen LogP contribution in [0.5, 0.6) is 0 Å². The fourth-order valence-electron chi connectivity index (χ4n) is 2.41. The molecule has 1 atom stereocenters. The van der Waals surface area contributed by atoms with E-state index in [4.69, 9.17) is 4.74 Å². The number of ketones is 1. The van der Waals surface area contributed by atoms with Crippen molar-refractivity contribution in [2.24, 2.45) is 5.92 Å². The van der Waals surface area contributed by atoms with E-state index in [1.807, 2.05) is 30.3 Å². The van der Waals surface area contributed by atoms with Crippen molar-refractivity contribution < 1.29 is 23.1 Å². The third-order valence-corrected chi connectivity index (χ3v) is 3.36. The Balaban J connectivity index is 2.13. The van der Waals surface area contributed by atoms with E-state index >= 15 is 0 Å². The van der Waals surface area contributed by atoms with E-state index in [-0.39, 0.29) is 19.7 Å². The summed E-state index contributed by atoms with van der Waals surface area (Å²) >= 11 is 0. The highest BCUT2D eigenvalue weighted by Gasteiger charge is 2.51. The lowest BCUT2D eigenvalue weighted by Crippen LogP contribution is -2.56. The SMILES string of the molecule is CCOC(=O)[C@H]1CN(Cc2ccccc2)CC(F)(F)C1=O. The highest BCUT2D eigenvalue weighted by Crippen LogP contribution is 2.28. The van der Waals surface area contributed by atoms with Crippen molar-refractivity contribution in [3.8, 4) is 0 Å². The maximum Gasteiger partial charge on any atom is 0.318 e. The van der Waals surface area contributed by atoms with Crippen LogP contribution < -0.4 is 0 Å². The van der Waals surface area contributed by atoms with Gasteiger partial charge in [0.05, 0.1) is 13.2 Å². The van der Waals surface area contributed by atoms with E-state index in [0.717, 1.165) is 5.56 Å². The Morgan fingerprint density at radius 2 is 2.05 bits per heavy atom. The number of alkyl halides is 2. The number of ether oxygens (including phenoxy) is 1. The van der Waals surface area contributed by atoms with Crippen molar-refractivity contribution in [3.05, 3.63) is 35.9 Å². The van der Waals surface area contributed by atoms with Crippen LogP contribution >= 0.6 is 0 Å². The number of benzene rings is 1. The molecule has 1 fully saturated rings. The molecule has 114 valence electrons. The van der Waals surface area contributed by atoms with Crippen molar-refractivity contribution in [2.75, 3.05) is 19.7 Å². The van der Waals surface area contributed by atoms with Gasteiger partial charge in [0.25, 0.3) is 0 Å². The smallest absolute Gasteiger partial charge is 0.318 e. The van der Waals surface area contributed by atoms with Crippen LogP contribution in [0.2, 0.25) is 0 Å². The molecule has 0 bridgehead atoms. The summed E-state index contributed by atoms with van der Waals surface area (Å²) in [5.41, 5.74) is 0.852. The molecule has 6 heteroatoms. The standard InChI is InChI=1S/C15H17F2NO3/c1-2-21-14(20)12-9-18(10-15(16,17)13(12)19)8-11-6-4-3-5-7-11/h3-7,12H,2,8-10H2,1H3/t12-/m0/s1. The number of hydrogen-bond donors (Lipinski definition) is 0. The van der Waals surface area contributed by atoms with Gasteiger partial charge in [-0.05, 0) is 12.5 Å². The quantitative estimate of drug-likeness (QED) is 0.629. The van der Waals surface area contributed by atoms with E-state index in [2.05, 4.69) is 0 Å². The highest BCUT2D eigenvalue weighted by molar-refractivity contribution is 6.03. The second-order valence-electron chi connectivity index (χ2n) is 5.03. The highest BCUT2D eigenvalue weighted by atomic mass is 19.3. The van der Waals surface area contributed by atoms with Crippen molar-refractivity contribution in [3.63, 3.8) is 0 Å². The first-order valence-electron chi connectivity index (χ1n) is 6.79. The molecular formula is C15H17F2NO3. The van der Waals surface area contributed by atoms with Crippen molar-refractivity contribution in [1.82, 2.24) is 4.90 Å². The van der Waals surface area contributed by atoms with Crippen molar-refractivity contribution in [2.45, 2.75) is 19.4 Å². The third-order valence-electron chi connectivity index (χ3n) is 3.36. The zero-order valence-electron chi connectivity index (χ0n) is 11.7. The molecule has 0 radical (unpaired) electrons. The monoisotopic (exact) mass is 297 g/mol. The van der Waals surface area contributed by atoms with Crippen molar-refractivity contribution in [1.29, 1.82) is 0 Å². The van der Waals surface area contributed by atoms with Crippen LogP contribution in [0.1, 0.15) is 12.5 Å². The number of halogens is 2. The number of carbonyl (C=O) groups excluding carboxylic acids is 2. The lowest BCUT2D eigenvalue weighted by molar-refractivity contribution is -0.170. The molecule has 0 amide bonds. The molecule has 0 spiro atoms. The number of Topliss-reactive ketones (excluding diaryl/α,β-unsaturated/α-hetero) is 1. The topological polar surface area (TPSA) is 46.6 Å². The Hall–Kier alpha value is -1.82. The molecule has 0 aliphatic carbocycles. The van der Waals surface area contributed by atoms with E-state index in [1.165, 1.54) is 4.90 Å². The zero-order chi connectivity index (χ0) is 15.5. The third kappa shape index (κ3) is 3.64. The molecule has 0 unspecified atom stereocenters. The molecule has 2 rings (SSSR count). The largest absolute Gasteiger partial charge is 0.465 e. The van der Waals surface area contributed by atoms with Crippen LogP contribution in [0, 0.1) is 5.92 Å². The van der Waals surface area contributed by atoms with E-state index < -0.39 is 30.1 Å². The summed E-state index contributed by atoms with van der Waals surface area (Å²) in [6.07, 6.45) is 0. The lowest BCUT2D eigenvalue weighted by atomic mass is 9.93. The second-order valence-corrected chi connectivity index (χ2v) is 5.03. The number of esters is 1. The maximum atomic E-state index is 13.8. The summed E-state index contributed by atoms with van der Waals surface area (Å²) in [6, 6.07) is 9.08. The van der Waals surface area contributed by atoms with E-state index in [1.54, 1.807) is 6.92 Å². The molecule has 1 saturated heterocycles. The summed E-state index contributed by atoms with van der Waals surface area (Å²) in [6.45, 7) is 1.19. The Morgan fingerprint density at radius 3 is 2.67 bits per heavy atom. The van der Waals surface area contributed by atoms with Crippen molar-refractivity contribution >= 4 is 11.8 Å². The molecule has 1 aliphatic heterocycles. The minimum absolute atomic E-state index is 0.0395. The number of likely N-dealkylation sites (tertiary alicyclic amines) is 1. The normalized spacial score (nSPS) is 22.0. The Labute approximate surface area is 121 Å². The van der Waals surface area contributed by atoms with Gasteiger partial charge < -0.3 is 4.74 Å². The first kappa shape index (κ1) is 15.6. The number of piperidine rings is 1. The Bertz CT molecular complexity index is 519. The number of carbonyl (C=O) groups is 2. The fourth-order valence-corrected chi connectivity index (χ4v) is 2.41. The van der Waals surface area contributed by atoms with Gasteiger partial charge in [-0.2, -0.15) is 8.78 Å². The minimum Gasteiger partial charge on any atom is -0.465 e. The van der Waals surface area contributed by atoms with Crippen LogP contribution in [-0.2, 0) is 20.9 Å². The van der Waals surface area contributed by atoms with Gasteiger partial charge in [-0.15, -0.1) is 0 Å². The van der Waals surface area contributed by atoms with Gasteiger partial charge >= 0.3 is 11.9 Å². The molecule has 21 heavy (non-hydrogen) atoms. The summed E-state index contributed by atoms with van der Waals surface area (Å²) < 4.78 is 32.3. The second kappa shape index (κ2) is 6.30. The average Bonchev–Trinajstić information content (AvgIpc) is 2.43. The summed E-state index contributed by atoms with van der Waals surface area (Å²) in [5.74, 6) is -7.16. The number of nitrogens with zero attached hydrogens (tertiary/aromatic N) is 1. The molecule has 0 N–H and O–H groups in total. The fraction of sp³-hybridized carbons (Fsp3) is 0.467. The van der Waals surface area contributed by atoms with Gasteiger partial charge in [0.1, 0.15) is 5.92 Å². The summed E-state index contributed by atoms with van der Waals surface area (Å²) in [7, 11) is 0. The van der Waals surface area contributed by atoms with Crippen LogP contribution in [0.15, 0.2) is 30.3 Å². The molecule has 0 saturated carbocycles. The van der Waals surface area contributed by atoms with Crippen LogP contribution in [0.3, 0.4) is 0 Å². The lowest BCUT2D eigenvalue weighted by Gasteiger charge is -2.35. The zero-order valence-corrected chi connectivity index (χ0v) is 11.7. The predicted octanol–water partition coefficient (Wildman–Crippen LogP) is 1.89. The molecule has 1 aromatic rings. The van der Waals surface area contributed by atoms with Crippen LogP contribution in [0.25, 0.3) is 0 Å². The summed E-state index contributed by atoms with van der Waals surface area (Å²) in [5, 5.41) is 0. The van der Waals surface area contributed by atoms with E-state index in [0.29, 0.717) is 0 Å². The molecule has 1 aliphatic rings. The average molecular weight is 297 g/mol. The minimum atomic E-state index is -3.52. The molecule has 4 nitrogen and oxygen atoms in total. The molecular weight excluding hydrogens is 280 g/mol. The Kier molecular flexibility index (Phi) is 4.67. The van der Waals surface area contributed by atoms with Gasteiger partial charge in [-0.1, -0.05) is 30.3 Å². The first-order valence-corrected chi connectivity index (χ1v) is 6.79. The van der Waals surface area contributed by atoms with Gasteiger partial charge in [0.15, 0.2) is 0 Å². The van der Waals surface area contributed by atoms with Gasteiger partial charge in [-0.25, -0.2) is 0 Å². The van der Waals surface area contributed by atoms with Gasteiger partial charge in [0, 0.05) is 13.1 Å².